The molecule has 0 saturated carbocycles. The van der Waals surface area contributed by atoms with Gasteiger partial charge in [0.05, 0.1) is 5.69 Å². The Hall–Kier alpha value is -2.35. The number of piperazine rings is 1. The van der Waals surface area contributed by atoms with Crippen molar-refractivity contribution in [1.82, 2.24) is 29.8 Å². The molecular formula is C24H42N6O2. The van der Waals surface area contributed by atoms with Crippen LogP contribution in [-0.4, -0.2) is 82.1 Å². The Morgan fingerprint density at radius 2 is 1.78 bits per heavy atom. The van der Waals surface area contributed by atoms with E-state index in [1.165, 1.54) is 0 Å². The summed E-state index contributed by atoms with van der Waals surface area (Å²) >= 11 is 0. The van der Waals surface area contributed by atoms with E-state index in [-0.39, 0.29) is 17.2 Å². The van der Waals surface area contributed by atoms with Gasteiger partial charge in [-0.3, -0.25) is 19.2 Å². The fraction of sp³-hybridized carbons (Fsp3) is 0.708. The minimum Gasteiger partial charge on any atom is -0.357 e. The summed E-state index contributed by atoms with van der Waals surface area (Å²) in [6.07, 6.45) is 0. The first-order chi connectivity index (χ1) is 14.8. The summed E-state index contributed by atoms with van der Waals surface area (Å²) < 4.78 is 1.67. The molecule has 8 nitrogen and oxygen atoms in total. The van der Waals surface area contributed by atoms with Gasteiger partial charge in [0.2, 0.25) is 5.91 Å². The normalized spacial score (nSPS) is 15.2. The molecule has 0 aliphatic carbocycles. The molecule has 1 fully saturated rings. The highest BCUT2D eigenvalue weighted by atomic mass is 16.2. The molecule has 32 heavy (non-hydrogen) atoms. The number of aromatic nitrogens is 2. The van der Waals surface area contributed by atoms with E-state index in [4.69, 9.17) is 0 Å². The Labute approximate surface area is 193 Å². The van der Waals surface area contributed by atoms with Crippen molar-refractivity contribution in [3.63, 3.8) is 0 Å². The van der Waals surface area contributed by atoms with Gasteiger partial charge in [0.15, 0.2) is 0 Å². The summed E-state index contributed by atoms with van der Waals surface area (Å²) in [6.45, 7) is 24.1. The van der Waals surface area contributed by atoms with Crippen LogP contribution in [0.5, 0.6) is 0 Å². The summed E-state index contributed by atoms with van der Waals surface area (Å²) in [7, 11) is 1.81. The van der Waals surface area contributed by atoms with Gasteiger partial charge in [-0.25, -0.2) is 0 Å². The van der Waals surface area contributed by atoms with Gasteiger partial charge in [0, 0.05) is 70.8 Å². The SMILES string of the molecule is C=C(NC(=O)c1c(C)c(C(C)(C)C)nn1C)N(CCN1CCN(C(C)=O)CC1)CC(C)C. The van der Waals surface area contributed by atoms with E-state index >= 15 is 0 Å². The summed E-state index contributed by atoms with van der Waals surface area (Å²) in [5.74, 6) is 1.01. The topological polar surface area (TPSA) is 73.7 Å². The van der Waals surface area contributed by atoms with E-state index in [9.17, 15) is 9.59 Å². The predicted molar refractivity (Wildman–Crippen MR) is 128 cm³/mol. The third-order valence-electron chi connectivity index (χ3n) is 5.94. The lowest BCUT2D eigenvalue weighted by molar-refractivity contribution is -0.130. The molecule has 180 valence electrons. The fourth-order valence-corrected chi connectivity index (χ4v) is 4.25. The number of carbonyl (C=O) groups is 2. The lowest BCUT2D eigenvalue weighted by Crippen LogP contribution is -2.50. The molecule has 0 bridgehead atoms. The molecule has 0 aromatic carbocycles. The number of hydrogen-bond acceptors (Lipinski definition) is 5. The van der Waals surface area contributed by atoms with Crippen LogP contribution in [0.4, 0.5) is 0 Å². The van der Waals surface area contributed by atoms with Gasteiger partial charge >= 0.3 is 0 Å². The van der Waals surface area contributed by atoms with Gasteiger partial charge in [-0.1, -0.05) is 41.2 Å². The monoisotopic (exact) mass is 446 g/mol. The van der Waals surface area contributed by atoms with Crippen molar-refractivity contribution in [2.45, 2.75) is 53.9 Å². The van der Waals surface area contributed by atoms with E-state index < -0.39 is 0 Å². The summed E-state index contributed by atoms with van der Waals surface area (Å²) in [4.78, 5) is 31.1. The summed E-state index contributed by atoms with van der Waals surface area (Å²) in [6, 6.07) is 0. The third-order valence-corrected chi connectivity index (χ3v) is 5.94. The molecule has 2 amide bonds. The van der Waals surface area contributed by atoms with Crippen LogP contribution in [0.2, 0.25) is 0 Å². The second-order valence-electron chi connectivity index (χ2n) is 10.3. The van der Waals surface area contributed by atoms with E-state index in [0.29, 0.717) is 17.4 Å². The molecule has 8 heteroatoms. The average molecular weight is 447 g/mol. The zero-order valence-electron chi connectivity index (χ0n) is 21.3. The van der Waals surface area contributed by atoms with Crippen LogP contribution in [0.3, 0.4) is 0 Å². The molecule has 1 saturated heterocycles. The van der Waals surface area contributed by atoms with E-state index in [1.54, 1.807) is 11.6 Å². The molecule has 1 aliphatic rings. The van der Waals surface area contributed by atoms with Crippen molar-refractivity contribution in [1.29, 1.82) is 0 Å². The molecule has 1 aliphatic heterocycles. The quantitative estimate of drug-likeness (QED) is 0.664. The van der Waals surface area contributed by atoms with Crippen molar-refractivity contribution >= 4 is 11.8 Å². The number of aryl methyl sites for hydroxylation is 1. The molecule has 0 atom stereocenters. The van der Waals surface area contributed by atoms with Crippen LogP contribution in [-0.2, 0) is 17.3 Å². The molecule has 2 heterocycles. The Kier molecular flexibility index (Phi) is 8.51. The Balaban J connectivity index is 2.03. The number of hydrogen-bond donors (Lipinski definition) is 1. The van der Waals surface area contributed by atoms with E-state index in [0.717, 1.165) is 57.1 Å². The highest BCUT2D eigenvalue weighted by Gasteiger charge is 2.27. The van der Waals surface area contributed by atoms with E-state index in [1.807, 2.05) is 18.9 Å². The zero-order chi connectivity index (χ0) is 24.2. The van der Waals surface area contributed by atoms with Gasteiger partial charge in [-0.15, -0.1) is 0 Å². The van der Waals surface area contributed by atoms with Crippen LogP contribution in [0.15, 0.2) is 12.4 Å². The van der Waals surface area contributed by atoms with Gasteiger partial charge in [0.25, 0.3) is 5.91 Å². The molecule has 1 N–H and O–H groups in total. The number of carbonyl (C=O) groups excluding carboxylic acids is 2. The highest BCUT2D eigenvalue weighted by molar-refractivity contribution is 5.95. The first-order valence-corrected chi connectivity index (χ1v) is 11.6. The van der Waals surface area contributed by atoms with Gasteiger partial charge in [-0.2, -0.15) is 5.10 Å². The fourth-order valence-electron chi connectivity index (χ4n) is 4.25. The second kappa shape index (κ2) is 10.5. The largest absolute Gasteiger partial charge is 0.357 e. The Bertz CT molecular complexity index is 828. The maximum Gasteiger partial charge on any atom is 0.275 e. The summed E-state index contributed by atoms with van der Waals surface area (Å²) in [5.41, 5.74) is 2.28. The van der Waals surface area contributed by atoms with Crippen LogP contribution < -0.4 is 5.32 Å². The number of amides is 2. The lowest BCUT2D eigenvalue weighted by atomic mass is 9.89. The molecule has 2 rings (SSSR count). The Morgan fingerprint density at radius 1 is 1.19 bits per heavy atom. The van der Waals surface area contributed by atoms with Crippen molar-refractivity contribution < 1.29 is 9.59 Å². The highest BCUT2D eigenvalue weighted by Crippen LogP contribution is 2.26. The Morgan fingerprint density at radius 3 is 2.25 bits per heavy atom. The van der Waals surface area contributed by atoms with Crippen LogP contribution >= 0.6 is 0 Å². The summed E-state index contributed by atoms with van der Waals surface area (Å²) in [5, 5.41) is 7.62. The maximum atomic E-state index is 13.1. The third kappa shape index (κ3) is 6.58. The minimum absolute atomic E-state index is 0.131. The standard InChI is InChI=1S/C24H42N6O2/c1-17(2)16-30(15-12-28-10-13-29(14-11-28)20(5)31)19(4)25-23(32)21-18(3)22(24(6,7)8)26-27(21)9/h17H,4,10-16H2,1-3,5-9H3,(H,25,32). The number of nitrogens with one attached hydrogen (secondary N) is 1. The number of rotatable bonds is 8. The first-order valence-electron chi connectivity index (χ1n) is 11.6. The lowest BCUT2D eigenvalue weighted by Gasteiger charge is -2.36. The maximum absolute atomic E-state index is 13.1. The van der Waals surface area contributed by atoms with Gasteiger partial charge < -0.3 is 15.1 Å². The molecular weight excluding hydrogens is 404 g/mol. The van der Waals surface area contributed by atoms with Crippen LogP contribution in [0.1, 0.15) is 63.3 Å². The average Bonchev–Trinajstić information content (AvgIpc) is 2.99. The first kappa shape index (κ1) is 25.9. The molecule has 0 radical (unpaired) electrons. The van der Waals surface area contributed by atoms with Crippen molar-refractivity contribution in [3.8, 4) is 0 Å². The van der Waals surface area contributed by atoms with Crippen LogP contribution in [0, 0.1) is 12.8 Å². The van der Waals surface area contributed by atoms with Crippen molar-refractivity contribution in [2.75, 3.05) is 45.8 Å². The van der Waals surface area contributed by atoms with Crippen molar-refractivity contribution in [2.24, 2.45) is 13.0 Å². The van der Waals surface area contributed by atoms with E-state index in [2.05, 4.69) is 61.4 Å². The molecule has 0 unspecified atom stereocenters. The van der Waals surface area contributed by atoms with Gasteiger partial charge in [0.1, 0.15) is 11.5 Å². The van der Waals surface area contributed by atoms with Crippen molar-refractivity contribution in [3.05, 3.63) is 29.4 Å². The molecule has 1 aromatic heterocycles. The zero-order valence-corrected chi connectivity index (χ0v) is 21.3. The smallest absolute Gasteiger partial charge is 0.275 e. The molecule has 0 spiro atoms. The number of nitrogens with zero attached hydrogens (tertiary/aromatic N) is 5. The second-order valence-corrected chi connectivity index (χ2v) is 10.3. The minimum atomic E-state index is -0.179. The molecule has 1 aromatic rings. The van der Waals surface area contributed by atoms with Crippen LogP contribution in [0.25, 0.3) is 0 Å². The van der Waals surface area contributed by atoms with Gasteiger partial charge in [-0.05, 0) is 12.8 Å². The predicted octanol–water partition coefficient (Wildman–Crippen LogP) is 2.35.